The minimum Gasteiger partial charge on any atom is -0.336 e. The van der Waals surface area contributed by atoms with Gasteiger partial charge in [-0.15, -0.1) is 0 Å². The molecule has 0 aliphatic carbocycles. The molecule has 18 heavy (non-hydrogen) atoms. The highest BCUT2D eigenvalue weighted by atomic mass is 19.1. The van der Waals surface area contributed by atoms with E-state index in [2.05, 4.69) is 5.32 Å². The van der Waals surface area contributed by atoms with Crippen LogP contribution in [0.15, 0.2) is 24.3 Å². The number of urea groups is 1. The zero-order valence-corrected chi connectivity index (χ0v) is 11.4. The Hall–Kier alpha value is -1.58. The second kappa shape index (κ2) is 6.38. The molecule has 0 aliphatic heterocycles. The summed E-state index contributed by atoms with van der Waals surface area (Å²) in [6, 6.07) is 6.20. The molecule has 0 fully saturated rings. The van der Waals surface area contributed by atoms with Crippen LogP contribution in [-0.2, 0) is 0 Å². The molecule has 0 aromatic heterocycles. The standard InChI is InChI=1S/C14H21FN2O/c1-5-17(14(18)16-10(2)3)11(4)12-6-8-13(15)9-7-12/h6-11H,5H2,1-4H3,(H,16,18)/t11-/m0/s1. The molecular formula is C14H21FN2O. The van der Waals surface area contributed by atoms with Crippen LogP contribution in [0, 0.1) is 5.82 Å². The molecule has 2 amide bonds. The second-order valence-electron chi connectivity index (χ2n) is 4.62. The number of rotatable bonds is 4. The van der Waals surface area contributed by atoms with E-state index in [4.69, 9.17) is 0 Å². The highest BCUT2D eigenvalue weighted by molar-refractivity contribution is 5.75. The SMILES string of the molecule is CCN(C(=O)NC(C)C)[C@@H](C)c1ccc(F)cc1. The number of nitrogens with one attached hydrogen (secondary N) is 1. The monoisotopic (exact) mass is 252 g/mol. The highest BCUT2D eigenvalue weighted by Gasteiger charge is 2.20. The Bertz CT molecular complexity index is 389. The van der Waals surface area contributed by atoms with Gasteiger partial charge in [-0.05, 0) is 45.4 Å². The first-order chi connectivity index (χ1) is 8.45. The van der Waals surface area contributed by atoms with Gasteiger partial charge in [0.05, 0.1) is 6.04 Å². The molecule has 0 saturated carbocycles. The number of carbonyl (C=O) groups excluding carboxylic acids is 1. The van der Waals surface area contributed by atoms with Gasteiger partial charge >= 0.3 is 6.03 Å². The van der Waals surface area contributed by atoms with Gasteiger partial charge in [0.15, 0.2) is 0 Å². The Morgan fingerprint density at radius 1 is 1.28 bits per heavy atom. The van der Waals surface area contributed by atoms with E-state index in [9.17, 15) is 9.18 Å². The predicted octanol–water partition coefficient (Wildman–Crippen LogP) is 3.33. The van der Waals surface area contributed by atoms with E-state index in [0.717, 1.165) is 5.56 Å². The lowest BCUT2D eigenvalue weighted by atomic mass is 10.1. The maximum absolute atomic E-state index is 12.9. The van der Waals surface area contributed by atoms with Crippen LogP contribution in [0.3, 0.4) is 0 Å². The molecule has 100 valence electrons. The molecule has 1 N–H and O–H groups in total. The molecule has 0 saturated heterocycles. The van der Waals surface area contributed by atoms with Crippen LogP contribution in [0.4, 0.5) is 9.18 Å². The first kappa shape index (κ1) is 14.5. The average Bonchev–Trinajstić information content (AvgIpc) is 2.29. The van der Waals surface area contributed by atoms with Crippen LogP contribution in [0.2, 0.25) is 0 Å². The smallest absolute Gasteiger partial charge is 0.318 e. The van der Waals surface area contributed by atoms with Crippen LogP contribution in [0.1, 0.15) is 39.3 Å². The fourth-order valence-corrected chi connectivity index (χ4v) is 1.84. The molecule has 0 heterocycles. The van der Waals surface area contributed by atoms with Gasteiger partial charge in [0.25, 0.3) is 0 Å². The topological polar surface area (TPSA) is 32.3 Å². The minimum absolute atomic E-state index is 0.0747. The molecule has 3 nitrogen and oxygen atoms in total. The van der Waals surface area contributed by atoms with Crippen molar-refractivity contribution in [3.8, 4) is 0 Å². The molecule has 0 spiro atoms. The summed E-state index contributed by atoms with van der Waals surface area (Å²) < 4.78 is 12.9. The Morgan fingerprint density at radius 2 is 1.83 bits per heavy atom. The molecule has 1 rings (SSSR count). The van der Waals surface area contributed by atoms with Crippen LogP contribution >= 0.6 is 0 Å². The van der Waals surface area contributed by atoms with Gasteiger partial charge in [0.2, 0.25) is 0 Å². The Labute approximate surface area is 108 Å². The quantitative estimate of drug-likeness (QED) is 0.876. The number of nitrogens with zero attached hydrogens (tertiary/aromatic N) is 1. The number of halogens is 1. The van der Waals surface area contributed by atoms with Gasteiger partial charge in [0.1, 0.15) is 5.82 Å². The summed E-state index contributed by atoms with van der Waals surface area (Å²) in [5.74, 6) is -0.263. The molecule has 0 unspecified atom stereocenters. The summed E-state index contributed by atoms with van der Waals surface area (Å²) in [6.07, 6.45) is 0. The van der Waals surface area contributed by atoms with Crippen molar-refractivity contribution in [2.45, 2.75) is 39.8 Å². The number of hydrogen-bond donors (Lipinski definition) is 1. The largest absolute Gasteiger partial charge is 0.336 e. The van der Waals surface area contributed by atoms with Crippen molar-refractivity contribution in [3.63, 3.8) is 0 Å². The molecule has 0 bridgehead atoms. The van der Waals surface area contributed by atoms with Gasteiger partial charge in [-0.3, -0.25) is 0 Å². The number of carbonyl (C=O) groups is 1. The number of benzene rings is 1. The zero-order chi connectivity index (χ0) is 13.7. The van der Waals surface area contributed by atoms with Gasteiger partial charge in [-0.25, -0.2) is 9.18 Å². The number of amides is 2. The molecule has 1 atom stereocenters. The fourth-order valence-electron chi connectivity index (χ4n) is 1.84. The summed E-state index contributed by atoms with van der Waals surface area (Å²) in [5, 5.41) is 2.87. The second-order valence-corrected chi connectivity index (χ2v) is 4.62. The van der Waals surface area contributed by atoms with Crippen LogP contribution < -0.4 is 5.32 Å². The third-order valence-electron chi connectivity index (χ3n) is 2.83. The first-order valence-electron chi connectivity index (χ1n) is 6.28. The lowest BCUT2D eigenvalue weighted by molar-refractivity contribution is 0.180. The molecule has 0 radical (unpaired) electrons. The molecule has 1 aromatic carbocycles. The Kier molecular flexibility index (Phi) is 5.13. The van der Waals surface area contributed by atoms with E-state index in [-0.39, 0.29) is 23.9 Å². The molecule has 4 heteroatoms. The van der Waals surface area contributed by atoms with Gasteiger partial charge in [-0.1, -0.05) is 12.1 Å². The summed E-state index contributed by atoms with van der Waals surface area (Å²) in [4.78, 5) is 13.7. The van der Waals surface area contributed by atoms with E-state index >= 15 is 0 Å². The van der Waals surface area contributed by atoms with E-state index in [1.807, 2.05) is 27.7 Å². The molecule has 1 aromatic rings. The normalized spacial score (nSPS) is 12.3. The minimum atomic E-state index is -0.263. The zero-order valence-electron chi connectivity index (χ0n) is 11.4. The van der Waals surface area contributed by atoms with Gasteiger partial charge in [-0.2, -0.15) is 0 Å². The van der Waals surface area contributed by atoms with E-state index in [1.54, 1.807) is 17.0 Å². The highest BCUT2D eigenvalue weighted by Crippen LogP contribution is 2.20. The first-order valence-corrected chi connectivity index (χ1v) is 6.28. The molecule has 0 aliphatic rings. The van der Waals surface area contributed by atoms with Crippen LogP contribution in [0.25, 0.3) is 0 Å². The van der Waals surface area contributed by atoms with E-state index in [0.29, 0.717) is 6.54 Å². The van der Waals surface area contributed by atoms with Crippen LogP contribution in [0.5, 0.6) is 0 Å². The van der Waals surface area contributed by atoms with E-state index < -0.39 is 0 Å². The van der Waals surface area contributed by atoms with Crippen molar-refractivity contribution in [1.29, 1.82) is 0 Å². The van der Waals surface area contributed by atoms with Crippen molar-refractivity contribution in [3.05, 3.63) is 35.6 Å². The lowest BCUT2D eigenvalue weighted by Crippen LogP contribution is -2.44. The Balaban J connectivity index is 2.81. The maximum atomic E-state index is 12.9. The predicted molar refractivity (Wildman–Crippen MR) is 70.9 cm³/mol. The van der Waals surface area contributed by atoms with E-state index in [1.165, 1.54) is 12.1 Å². The summed E-state index contributed by atoms with van der Waals surface area (Å²) in [6.45, 7) is 8.33. The van der Waals surface area contributed by atoms with Crippen molar-refractivity contribution in [2.24, 2.45) is 0 Å². The maximum Gasteiger partial charge on any atom is 0.318 e. The lowest BCUT2D eigenvalue weighted by Gasteiger charge is -2.29. The van der Waals surface area contributed by atoms with Gasteiger partial charge < -0.3 is 10.2 Å². The van der Waals surface area contributed by atoms with Crippen molar-refractivity contribution in [1.82, 2.24) is 10.2 Å². The molecular weight excluding hydrogens is 231 g/mol. The average molecular weight is 252 g/mol. The van der Waals surface area contributed by atoms with Crippen LogP contribution in [-0.4, -0.2) is 23.5 Å². The fraction of sp³-hybridized carbons (Fsp3) is 0.500. The third kappa shape index (κ3) is 3.72. The van der Waals surface area contributed by atoms with Gasteiger partial charge in [0, 0.05) is 12.6 Å². The summed E-state index contributed by atoms with van der Waals surface area (Å²) >= 11 is 0. The summed E-state index contributed by atoms with van der Waals surface area (Å²) in [5.41, 5.74) is 0.928. The van der Waals surface area contributed by atoms with Crippen molar-refractivity contribution >= 4 is 6.03 Å². The Morgan fingerprint density at radius 3 is 2.28 bits per heavy atom. The van der Waals surface area contributed by atoms with Crippen molar-refractivity contribution < 1.29 is 9.18 Å². The third-order valence-corrected chi connectivity index (χ3v) is 2.83. The number of hydrogen-bond acceptors (Lipinski definition) is 1. The van der Waals surface area contributed by atoms with Crippen molar-refractivity contribution in [2.75, 3.05) is 6.54 Å². The summed E-state index contributed by atoms with van der Waals surface area (Å²) in [7, 11) is 0.